The Labute approximate surface area is 123 Å². The maximum Gasteiger partial charge on any atom is 0.573 e. The van der Waals surface area contributed by atoms with E-state index in [9.17, 15) is 13.2 Å². The maximum atomic E-state index is 12.2. The lowest BCUT2D eigenvalue weighted by molar-refractivity contribution is -0.274. The highest BCUT2D eigenvalue weighted by molar-refractivity contribution is 6.29. The molecule has 1 unspecified atom stereocenters. The highest BCUT2D eigenvalue weighted by atomic mass is 35.5. The molecule has 2 rings (SSSR count). The number of benzene rings is 1. The summed E-state index contributed by atoms with van der Waals surface area (Å²) in [6.45, 7) is 0. The van der Waals surface area contributed by atoms with Gasteiger partial charge in [0.05, 0.1) is 6.04 Å². The zero-order valence-corrected chi connectivity index (χ0v) is 11.3. The summed E-state index contributed by atoms with van der Waals surface area (Å²) in [6.07, 6.45) is -3.25. The van der Waals surface area contributed by atoms with Crippen LogP contribution in [0.3, 0.4) is 0 Å². The molecule has 4 nitrogen and oxygen atoms in total. The second kappa shape index (κ2) is 6.30. The second-order valence-corrected chi connectivity index (χ2v) is 4.52. The first-order chi connectivity index (χ1) is 9.89. The van der Waals surface area contributed by atoms with Crippen molar-refractivity contribution in [3.8, 4) is 5.75 Å². The third kappa shape index (κ3) is 4.32. The number of ether oxygens (including phenoxy) is 1. The number of rotatable bonds is 4. The molecule has 0 bridgehead atoms. The molecular formula is C13H11ClF3N3O. The molecule has 0 aliphatic rings. The van der Waals surface area contributed by atoms with Gasteiger partial charge in [0, 0.05) is 6.20 Å². The molecule has 8 heteroatoms. The third-order valence-corrected chi connectivity index (χ3v) is 2.90. The Morgan fingerprint density at radius 2 is 1.95 bits per heavy atom. The fourth-order valence-electron chi connectivity index (χ4n) is 1.83. The van der Waals surface area contributed by atoms with Crippen molar-refractivity contribution in [1.82, 2.24) is 10.4 Å². The van der Waals surface area contributed by atoms with Gasteiger partial charge in [0.15, 0.2) is 0 Å². The van der Waals surface area contributed by atoms with Crippen LogP contribution in [0.1, 0.15) is 17.2 Å². The molecule has 0 aliphatic heterocycles. The Morgan fingerprint density at radius 1 is 1.19 bits per heavy atom. The topological polar surface area (TPSA) is 60.2 Å². The third-order valence-electron chi connectivity index (χ3n) is 2.68. The molecule has 112 valence electrons. The molecule has 0 saturated carbocycles. The van der Waals surface area contributed by atoms with Gasteiger partial charge in [0.25, 0.3) is 0 Å². The van der Waals surface area contributed by atoms with Gasteiger partial charge in [-0.25, -0.2) is 10.4 Å². The minimum atomic E-state index is -4.74. The van der Waals surface area contributed by atoms with E-state index in [0.717, 1.165) is 0 Å². The lowest BCUT2D eigenvalue weighted by atomic mass is 10.0. The van der Waals surface area contributed by atoms with Crippen molar-refractivity contribution < 1.29 is 17.9 Å². The molecule has 3 N–H and O–H groups in total. The zero-order valence-electron chi connectivity index (χ0n) is 10.6. The van der Waals surface area contributed by atoms with Crippen molar-refractivity contribution in [2.45, 2.75) is 12.4 Å². The number of nitrogens with two attached hydrogens (primary N) is 1. The Kier molecular flexibility index (Phi) is 4.66. The monoisotopic (exact) mass is 317 g/mol. The van der Waals surface area contributed by atoms with Crippen LogP contribution in [0.25, 0.3) is 0 Å². The lowest BCUT2D eigenvalue weighted by Gasteiger charge is -2.18. The number of aromatic nitrogens is 1. The Balaban J connectivity index is 2.30. The van der Waals surface area contributed by atoms with E-state index in [1.54, 1.807) is 18.2 Å². The smallest absolute Gasteiger partial charge is 0.406 e. The highest BCUT2D eigenvalue weighted by Gasteiger charge is 2.31. The summed E-state index contributed by atoms with van der Waals surface area (Å²) in [5, 5.41) is 0.309. The van der Waals surface area contributed by atoms with E-state index in [1.807, 2.05) is 0 Å². The molecule has 1 aromatic heterocycles. The predicted octanol–water partition coefficient (Wildman–Crippen LogP) is 3.19. The summed E-state index contributed by atoms with van der Waals surface area (Å²) in [5.74, 6) is 5.16. The van der Waals surface area contributed by atoms with E-state index in [0.29, 0.717) is 16.3 Å². The summed E-state index contributed by atoms with van der Waals surface area (Å²) in [6, 6.07) is 8.25. The van der Waals surface area contributed by atoms with Gasteiger partial charge in [-0.1, -0.05) is 29.8 Å². The summed E-state index contributed by atoms with van der Waals surface area (Å²) in [7, 11) is 0. The fourth-order valence-corrected chi connectivity index (χ4v) is 1.95. The molecule has 2 aromatic rings. The first-order valence-electron chi connectivity index (χ1n) is 5.82. The number of hydrogen-bond donors (Lipinski definition) is 2. The van der Waals surface area contributed by atoms with Gasteiger partial charge >= 0.3 is 6.36 Å². The number of pyridine rings is 1. The van der Waals surface area contributed by atoms with Crippen LogP contribution < -0.4 is 16.0 Å². The SMILES string of the molecule is NNC(c1ccc(Cl)nc1)c1cccc(OC(F)(F)F)c1. The van der Waals surface area contributed by atoms with Gasteiger partial charge in [-0.05, 0) is 29.3 Å². The van der Waals surface area contributed by atoms with Crippen LogP contribution in [-0.4, -0.2) is 11.3 Å². The maximum absolute atomic E-state index is 12.2. The quantitative estimate of drug-likeness (QED) is 0.516. The average Bonchev–Trinajstić information content (AvgIpc) is 2.40. The lowest BCUT2D eigenvalue weighted by Crippen LogP contribution is -2.29. The van der Waals surface area contributed by atoms with Gasteiger partial charge in [-0.15, -0.1) is 13.2 Å². The van der Waals surface area contributed by atoms with Gasteiger partial charge in [-0.3, -0.25) is 5.84 Å². The van der Waals surface area contributed by atoms with Crippen LogP contribution in [0.5, 0.6) is 5.75 Å². The largest absolute Gasteiger partial charge is 0.573 e. The molecule has 21 heavy (non-hydrogen) atoms. The van der Waals surface area contributed by atoms with Crippen LogP contribution in [-0.2, 0) is 0 Å². The minimum absolute atomic E-state index is 0.309. The van der Waals surface area contributed by atoms with Crippen molar-refractivity contribution in [2.75, 3.05) is 0 Å². The summed E-state index contributed by atoms with van der Waals surface area (Å²) in [4.78, 5) is 3.91. The number of hydrogen-bond acceptors (Lipinski definition) is 4. The summed E-state index contributed by atoms with van der Waals surface area (Å²) in [5.41, 5.74) is 3.69. The summed E-state index contributed by atoms with van der Waals surface area (Å²) >= 11 is 5.70. The van der Waals surface area contributed by atoms with Crippen LogP contribution >= 0.6 is 11.6 Å². The minimum Gasteiger partial charge on any atom is -0.406 e. The normalized spacial score (nSPS) is 13.0. The molecule has 0 saturated heterocycles. The van der Waals surface area contributed by atoms with E-state index in [-0.39, 0.29) is 5.75 Å². The van der Waals surface area contributed by atoms with Crippen molar-refractivity contribution in [3.05, 3.63) is 58.9 Å². The number of hydrazine groups is 1. The van der Waals surface area contributed by atoms with Gasteiger partial charge in [0.2, 0.25) is 0 Å². The number of nitrogens with one attached hydrogen (secondary N) is 1. The van der Waals surface area contributed by atoms with Crippen molar-refractivity contribution in [3.63, 3.8) is 0 Å². The molecular weight excluding hydrogens is 307 g/mol. The van der Waals surface area contributed by atoms with Crippen molar-refractivity contribution in [2.24, 2.45) is 5.84 Å². The van der Waals surface area contributed by atoms with Crippen LogP contribution in [0.15, 0.2) is 42.6 Å². The van der Waals surface area contributed by atoms with E-state index in [4.69, 9.17) is 17.4 Å². The Bertz CT molecular complexity index is 604. The van der Waals surface area contributed by atoms with Crippen molar-refractivity contribution in [1.29, 1.82) is 0 Å². The number of halogens is 4. The molecule has 0 aliphatic carbocycles. The molecule has 1 atom stereocenters. The van der Waals surface area contributed by atoms with Gasteiger partial charge in [0.1, 0.15) is 10.9 Å². The molecule has 1 aromatic carbocycles. The van der Waals surface area contributed by atoms with E-state index < -0.39 is 12.4 Å². The standard InChI is InChI=1S/C13H11ClF3N3O/c14-11-5-4-9(7-19-11)12(20-18)8-2-1-3-10(6-8)21-13(15,16)17/h1-7,12,20H,18H2. The first kappa shape index (κ1) is 15.6. The van der Waals surface area contributed by atoms with Crippen LogP contribution in [0.2, 0.25) is 5.15 Å². The Morgan fingerprint density at radius 3 is 2.52 bits per heavy atom. The molecule has 0 radical (unpaired) electrons. The molecule has 1 heterocycles. The first-order valence-corrected chi connectivity index (χ1v) is 6.20. The second-order valence-electron chi connectivity index (χ2n) is 4.13. The predicted molar refractivity (Wildman–Crippen MR) is 71.5 cm³/mol. The number of nitrogens with zero attached hydrogens (tertiary/aromatic N) is 1. The van der Waals surface area contributed by atoms with Gasteiger partial charge in [-0.2, -0.15) is 0 Å². The summed E-state index contributed by atoms with van der Waals surface area (Å²) < 4.78 is 40.6. The van der Waals surface area contributed by atoms with E-state index >= 15 is 0 Å². The molecule has 0 fully saturated rings. The molecule has 0 amide bonds. The molecule has 0 spiro atoms. The van der Waals surface area contributed by atoms with Gasteiger partial charge < -0.3 is 4.74 Å². The average molecular weight is 318 g/mol. The van der Waals surface area contributed by atoms with E-state index in [1.165, 1.54) is 24.4 Å². The number of alkyl halides is 3. The van der Waals surface area contributed by atoms with Crippen LogP contribution in [0, 0.1) is 0 Å². The Hall–Kier alpha value is -1.83. The highest BCUT2D eigenvalue weighted by Crippen LogP contribution is 2.28. The fraction of sp³-hybridized carbons (Fsp3) is 0.154. The zero-order chi connectivity index (χ0) is 15.5. The van der Waals surface area contributed by atoms with Crippen molar-refractivity contribution >= 4 is 11.6 Å². The van der Waals surface area contributed by atoms with Crippen LogP contribution in [0.4, 0.5) is 13.2 Å². The van der Waals surface area contributed by atoms with E-state index in [2.05, 4.69) is 15.1 Å².